The third-order valence-corrected chi connectivity index (χ3v) is 3.80. The highest BCUT2D eigenvalue weighted by Crippen LogP contribution is 2.26. The van der Waals surface area contributed by atoms with Crippen LogP contribution >= 0.6 is 0 Å². The van der Waals surface area contributed by atoms with Crippen molar-refractivity contribution in [1.82, 2.24) is 5.32 Å². The molecule has 1 aliphatic rings. The van der Waals surface area contributed by atoms with Crippen LogP contribution in [-0.2, 0) is 11.3 Å². The third kappa shape index (κ3) is 3.39. The molecule has 0 radical (unpaired) electrons. The molecule has 0 heterocycles. The van der Waals surface area contributed by atoms with Gasteiger partial charge in [0.25, 0.3) is 0 Å². The van der Waals surface area contributed by atoms with Crippen molar-refractivity contribution >= 4 is 0 Å². The number of hydrogen-bond acceptors (Lipinski definition) is 4. The highest BCUT2D eigenvalue weighted by molar-refractivity contribution is 5.40. The van der Waals surface area contributed by atoms with Crippen LogP contribution < -0.4 is 14.8 Å². The summed E-state index contributed by atoms with van der Waals surface area (Å²) in [4.78, 5) is 0. The molecule has 106 valence electrons. The van der Waals surface area contributed by atoms with E-state index in [1.54, 1.807) is 21.3 Å². The topological polar surface area (TPSA) is 39.7 Å². The molecule has 0 spiro atoms. The molecule has 1 N–H and O–H groups in total. The second-order valence-corrected chi connectivity index (χ2v) is 4.87. The zero-order chi connectivity index (χ0) is 13.7. The summed E-state index contributed by atoms with van der Waals surface area (Å²) < 4.78 is 16.1. The van der Waals surface area contributed by atoms with Gasteiger partial charge in [-0.1, -0.05) is 6.07 Å². The maximum absolute atomic E-state index is 5.49. The lowest BCUT2D eigenvalue weighted by molar-refractivity contribution is 0.0846. The molecule has 4 heteroatoms. The van der Waals surface area contributed by atoms with E-state index in [1.807, 2.05) is 18.2 Å². The Hall–Kier alpha value is -1.26. The second kappa shape index (κ2) is 6.78. The quantitative estimate of drug-likeness (QED) is 0.857. The Morgan fingerprint density at radius 3 is 2.68 bits per heavy atom. The van der Waals surface area contributed by atoms with Gasteiger partial charge in [0, 0.05) is 31.3 Å². The lowest BCUT2D eigenvalue weighted by atomic mass is 10.1. The maximum Gasteiger partial charge on any atom is 0.127 e. The first-order valence-electron chi connectivity index (χ1n) is 6.75. The number of rotatable bonds is 6. The minimum atomic E-state index is 0.337. The predicted molar refractivity (Wildman–Crippen MR) is 74.8 cm³/mol. The Bertz CT molecular complexity index is 408. The van der Waals surface area contributed by atoms with E-state index in [9.17, 15) is 0 Å². The molecule has 1 fully saturated rings. The van der Waals surface area contributed by atoms with Crippen molar-refractivity contribution < 1.29 is 14.2 Å². The maximum atomic E-state index is 5.49. The highest BCUT2D eigenvalue weighted by Gasteiger charge is 2.26. The van der Waals surface area contributed by atoms with Crippen LogP contribution in [0.25, 0.3) is 0 Å². The van der Waals surface area contributed by atoms with Gasteiger partial charge in [-0.05, 0) is 25.3 Å². The van der Waals surface area contributed by atoms with Gasteiger partial charge in [-0.2, -0.15) is 0 Å². The van der Waals surface area contributed by atoms with E-state index in [2.05, 4.69) is 5.32 Å². The first kappa shape index (κ1) is 14.2. The number of ether oxygens (including phenoxy) is 3. The lowest BCUT2D eigenvalue weighted by Crippen LogP contribution is -2.36. The average molecular weight is 265 g/mol. The zero-order valence-corrected chi connectivity index (χ0v) is 11.9. The van der Waals surface area contributed by atoms with E-state index in [1.165, 1.54) is 12.8 Å². The van der Waals surface area contributed by atoms with Crippen LogP contribution in [0.4, 0.5) is 0 Å². The van der Waals surface area contributed by atoms with Gasteiger partial charge in [0.05, 0.1) is 20.3 Å². The normalized spacial score (nSPS) is 22.5. The third-order valence-electron chi connectivity index (χ3n) is 3.80. The van der Waals surface area contributed by atoms with Crippen molar-refractivity contribution in [3.8, 4) is 11.5 Å². The standard InChI is InChI=1S/C15H23NO3/c1-17-12-8-7-11(15(9-12)19-3)10-16-13-5-4-6-14(13)18-2/h7-9,13-14,16H,4-6,10H2,1-3H3. The summed E-state index contributed by atoms with van der Waals surface area (Å²) in [7, 11) is 5.14. The summed E-state index contributed by atoms with van der Waals surface area (Å²) in [5, 5.41) is 3.57. The molecular formula is C15H23NO3. The van der Waals surface area contributed by atoms with E-state index in [0.29, 0.717) is 12.1 Å². The van der Waals surface area contributed by atoms with Gasteiger partial charge in [0.2, 0.25) is 0 Å². The van der Waals surface area contributed by atoms with Gasteiger partial charge in [-0.3, -0.25) is 0 Å². The number of methoxy groups -OCH3 is 3. The SMILES string of the molecule is COc1ccc(CNC2CCCC2OC)c(OC)c1. The van der Waals surface area contributed by atoms with E-state index >= 15 is 0 Å². The molecule has 1 aromatic rings. The fraction of sp³-hybridized carbons (Fsp3) is 0.600. The molecule has 1 aliphatic carbocycles. The molecule has 0 aliphatic heterocycles. The fourth-order valence-corrected chi connectivity index (χ4v) is 2.68. The van der Waals surface area contributed by atoms with Gasteiger partial charge in [0.1, 0.15) is 11.5 Å². The largest absolute Gasteiger partial charge is 0.497 e. The number of nitrogens with one attached hydrogen (secondary N) is 1. The van der Waals surface area contributed by atoms with Gasteiger partial charge in [0.15, 0.2) is 0 Å². The molecule has 1 saturated carbocycles. The summed E-state index contributed by atoms with van der Waals surface area (Å²) >= 11 is 0. The molecule has 0 amide bonds. The van der Waals surface area contributed by atoms with Crippen molar-refractivity contribution in [1.29, 1.82) is 0 Å². The average Bonchev–Trinajstić information content (AvgIpc) is 2.92. The first-order valence-corrected chi connectivity index (χ1v) is 6.75. The zero-order valence-electron chi connectivity index (χ0n) is 11.9. The summed E-state index contributed by atoms with van der Waals surface area (Å²) in [6.45, 7) is 0.789. The molecule has 4 nitrogen and oxygen atoms in total. The molecule has 0 saturated heterocycles. The van der Waals surface area contributed by atoms with E-state index < -0.39 is 0 Å². The minimum absolute atomic E-state index is 0.337. The van der Waals surface area contributed by atoms with Crippen LogP contribution in [0.5, 0.6) is 11.5 Å². The second-order valence-electron chi connectivity index (χ2n) is 4.87. The number of benzene rings is 1. The van der Waals surface area contributed by atoms with Crippen LogP contribution in [0, 0.1) is 0 Å². The summed E-state index contributed by atoms with van der Waals surface area (Å²) in [5.41, 5.74) is 1.14. The van der Waals surface area contributed by atoms with Gasteiger partial charge in [-0.15, -0.1) is 0 Å². The van der Waals surface area contributed by atoms with Crippen molar-refractivity contribution in [3.63, 3.8) is 0 Å². The lowest BCUT2D eigenvalue weighted by Gasteiger charge is -2.20. The van der Waals surface area contributed by atoms with Crippen LogP contribution in [-0.4, -0.2) is 33.5 Å². The Labute approximate surface area is 115 Å². The van der Waals surface area contributed by atoms with Crippen LogP contribution in [0.15, 0.2) is 18.2 Å². The molecule has 2 unspecified atom stereocenters. The Morgan fingerprint density at radius 2 is 2.00 bits per heavy atom. The van der Waals surface area contributed by atoms with Crippen molar-refractivity contribution in [2.45, 2.75) is 38.0 Å². The van der Waals surface area contributed by atoms with Crippen LogP contribution in [0.3, 0.4) is 0 Å². The molecule has 2 rings (SSSR count). The molecule has 0 bridgehead atoms. The predicted octanol–water partition coefficient (Wildman–Crippen LogP) is 2.36. The first-order chi connectivity index (χ1) is 9.28. The molecule has 19 heavy (non-hydrogen) atoms. The summed E-state index contributed by atoms with van der Waals surface area (Å²) in [6, 6.07) is 6.36. The van der Waals surface area contributed by atoms with Gasteiger partial charge in [-0.25, -0.2) is 0 Å². The van der Waals surface area contributed by atoms with Crippen LogP contribution in [0.1, 0.15) is 24.8 Å². The molecule has 2 atom stereocenters. The Balaban J connectivity index is 1.99. The van der Waals surface area contributed by atoms with Gasteiger partial charge < -0.3 is 19.5 Å². The van der Waals surface area contributed by atoms with Crippen molar-refractivity contribution in [2.24, 2.45) is 0 Å². The molecule has 1 aromatic carbocycles. The van der Waals surface area contributed by atoms with Crippen LogP contribution in [0.2, 0.25) is 0 Å². The monoisotopic (exact) mass is 265 g/mol. The minimum Gasteiger partial charge on any atom is -0.497 e. The summed E-state index contributed by atoms with van der Waals surface area (Å²) in [5.74, 6) is 1.68. The van der Waals surface area contributed by atoms with Crippen molar-refractivity contribution in [2.75, 3.05) is 21.3 Å². The number of hydrogen-bond donors (Lipinski definition) is 1. The fourth-order valence-electron chi connectivity index (χ4n) is 2.68. The summed E-state index contributed by atoms with van der Waals surface area (Å²) in [6.07, 6.45) is 3.89. The van der Waals surface area contributed by atoms with E-state index in [-0.39, 0.29) is 0 Å². The van der Waals surface area contributed by atoms with E-state index in [0.717, 1.165) is 30.0 Å². The molecular weight excluding hydrogens is 242 g/mol. The smallest absolute Gasteiger partial charge is 0.127 e. The Morgan fingerprint density at radius 1 is 1.16 bits per heavy atom. The van der Waals surface area contributed by atoms with E-state index in [4.69, 9.17) is 14.2 Å². The molecule has 0 aromatic heterocycles. The highest BCUT2D eigenvalue weighted by atomic mass is 16.5. The Kier molecular flexibility index (Phi) is 5.05. The van der Waals surface area contributed by atoms with Gasteiger partial charge >= 0.3 is 0 Å². The van der Waals surface area contributed by atoms with Crippen molar-refractivity contribution in [3.05, 3.63) is 23.8 Å².